The van der Waals surface area contributed by atoms with Crippen molar-refractivity contribution in [2.24, 2.45) is 5.73 Å². The van der Waals surface area contributed by atoms with Crippen LogP contribution >= 0.6 is 0 Å². The molecule has 1 aromatic carbocycles. The molecule has 7 heteroatoms. The second-order valence-electron chi connectivity index (χ2n) is 10.2. The van der Waals surface area contributed by atoms with Crippen LogP contribution in [0.25, 0.3) is 22.5 Å². The monoisotopic (exact) mass is 457 g/mol. The minimum atomic E-state index is -0.867. The van der Waals surface area contributed by atoms with E-state index in [1.54, 1.807) is 0 Å². The van der Waals surface area contributed by atoms with E-state index in [0.717, 1.165) is 84.8 Å². The molecule has 2 fully saturated rings. The van der Waals surface area contributed by atoms with Crippen molar-refractivity contribution in [1.82, 2.24) is 14.9 Å². The second kappa shape index (κ2) is 7.96. The summed E-state index contributed by atoms with van der Waals surface area (Å²) in [5.74, 6) is -0.867. The smallest absolute Gasteiger partial charge is 0.337 e. The highest BCUT2D eigenvalue weighted by Gasteiger charge is 2.40. The van der Waals surface area contributed by atoms with E-state index in [4.69, 9.17) is 10.7 Å². The molecule has 3 aliphatic rings. The van der Waals surface area contributed by atoms with Gasteiger partial charge in [-0.25, -0.2) is 4.79 Å². The first kappa shape index (κ1) is 21.4. The van der Waals surface area contributed by atoms with E-state index in [2.05, 4.69) is 52.2 Å². The highest BCUT2D eigenvalue weighted by atomic mass is 16.4. The molecule has 1 saturated heterocycles. The van der Waals surface area contributed by atoms with E-state index in [1.165, 1.54) is 5.69 Å². The van der Waals surface area contributed by atoms with Crippen molar-refractivity contribution in [3.8, 4) is 22.5 Å². The summed E-state index contributed by atoms with van der Waals surface area (Å²) in [6.07, 6.45) is 5.94. The van der Waals surface area contributed by atoms with Crippen LogP contribution in [0.3, 0.4) is 0 Å². The summed E-state index contributed by atoms with van der Waals surface area (Å²) in [6.45, 7) is 4.25. The molecule has 0 radical (unpaired) electrons. The standard InChI is InChI=1S/C27H31N5O2/c1-31-10-12-32(13-11-31)19-5-2-17(3-6-19)22-14-21-18(16-29-22)4-7-20-24(26(33)34)23(30-25(20)21)15-27(28)8-9-27/h2-3,5-6,14,16,30H,4,7-13,15,28H2,1H3,(H,33,34). The van der Waals surface area contributed by atoms with Crippen molar-refractivity contribution < 1.29 is 9.90 Å². The molecule has 0 atom stereocenters. The number of likely N-dealkylation sites (N-methyl/N-ethyl adjacent to an activating group) is 1. The predicted molar refractivity (Wildman–Crippen MR) is 133 cm³/mol. The summed E-state index contributed by atoms with van der Waals surface area (Å²) < 4.78 is 0. The second-order valence-corrected chi connectivity index (χ2v) is 10.2. The summed E-state index contributed by atoms with van der Waals surface area (Å²) in [4.78, 5) is 25.2. The number of piperazine rings is 1. The van der Waals surface area contributed by atoms with Crippen LogP contribution in [0.15, 0.2) is 36.5 Å². The predicted octanol–water partition coefficient (Wildman–Crippen LogP) is 3.33. The Labute approximate surface area is 199 Å². The SMILES string of the molecule is CN1CCN(c2ccc(-c3cc4c(cn3)CCc3c-4[nH]c(CC4(N)CC4)c3C(=O)O)cc2)CC1. The van der Waals surface area contributed by atoms with Crippen LogP contribution in [0.5, 0.6) is 0 Å². The van der Waals surface area contributed by atoms with Crippen molar-refractivity contribution in [1.29, 1.82) is 0 Å². The zero-order valence-corrected chi connectivity index (χ0v) is 19.6. The number of carboxylic acids is 1. The van der Waals surface area contributed by atoms with Gasteiger partial charge in [-0.2, -0.15) is 0 Å². The molecule has 2 aromatic heterocycles. The molecule has 6 rings (SSSR count). The van der Waals surface area contributed by atoms with Gasteiger partial charge in [0, 0.05) is 66.8 Å². The topological polar surface area (TPSA) is 98.5 Å². The van der Waals surface area contributed by atoms with Gasteiger partial charge < -0.3 is 25.6 Å². The van der Waals surface area contributed by atoms with Crippen molar-refractivity contribution in [3.63, 3.8) is 0 Å². The van der Waals surface area contributed by atoms with Crippen molar-refractivity contribution in [3.05, 3.63) is 58.9 Å². The van der Waals surface area contributed by atoms with Gasteiger partial charge in [-0.15, -0.1) is 0 Å². The molecule has 1 aliphatic heterocycles. The number of anilines is 1. The number of nitrogens with one attached hydrogen (secondary N) is 1. The van der Waals surface area contributed by atoms with Gasteiger partial charge in [-0.3, -0.25) is 4.98 Å². The fourth-order valence-corrected chi connectivity index (χ4v) is 5.40. The maximum Gasteiger partial charge on any atom is 0.337 e. The number of carbonyl (C=O) groups is 1. The Morgan fingerprint density at radius 3 is 2.56 bits per heavy atom. The summed E-state index contributed by atoms with van der Waals surface area (Å²) >= 11 is 0. The van der Waals surface area contributed by atoms with E-state index < -0.39 is 5.97 Å². The number of pyridine rings is 1. The van der Waals surface area contributed by atoms with Crippen LogP contribution in [-0.2, 0) is 19.3 Å². The Bertz CT molecular complexity index is 1250. The van der Waals surface area contributed by atoms with Gasteiger partial charge in [-0.1, -0.05) is 12.1 Å². The van der Waals surface area contributed by atoms with Crippen LogP contribution in [0.2, 0.25) is 0 Å². The third-order valence-electron chi connectivity index (χ3n) is 7.75. The molecule has 3 aromatic rings. The van der Waals surface area contributed by atoms with Crippen LogP contribution in [-0.4, -0.2) is 64.7 Å². The molecule has 0 unspecified atom stereocenters. The number of fused-ring (bicyclic) bond motifs is 3. The molecular formula is C27H31N5O2. The lowest BCUT2D eigenvalue weighted by Crippen LogP contribution is -2.44. The van der Waals surface area contributed by atoms with Gasteiger partial charge in [0.05, 0.1) is 17.0 Å². The lowest BCUT2D eigenvalue weighted by molar-refractivity contribution is 0.0694. The van der Waals surface area contributed by atoms with Crippen molar-refractivity contribution >= 4 is 11.7 Å². The zero-order chi connectivity index (χ0) is 23.4. The molecular weight excluding hydrogens is 426 g/mol. The number of nitrogens with two attached hydrogens (primary N) is 1. The van der Waals surface area contributed by atoms with E-state index in [9.17, 15) is 9.90 Å². The Balaban J connectivity index is 1.33. The highest BCUT2D eigenvalue weighted by Crippen LogP contribution is 2.41. The molecule has 4 N–H and O–H groups in total. The van der Waals surface area contributed by atoms with Crippen LogP contribution in [0.1, 0.15) is 40.0 Å². The number of H-pyrrole nitrogens is 1. The van der Waals surface area contributed by atoms with E-state index in [-0.39, 0.29) is 5.54 Å². The molecule has 34 heavy (non-hydrogen) atoms. The number of aryl methyl sites for hydroxylation is 1. The lowest BCUT2D eigenvalue weighted by atomic mass is 9.88. The number of hydrogen-bond donors (Lipinski definition) is 3. The van der Waals surface area contributed by atoms with Gasteiger partial charge >= 0.3 is 5.97 Å². The minimum absolute atomic E-state index is 0.255. The Kier molecular flexibility index (Phi) is 5.00. The van der Waals surface area contributed by atoms with Crippen LogP contribution in [0.4, 0.5) is 5.69 Å². The normalized spacial score (nSPS) is 18.9. The maximum absolute atomic E-state index is 12.2. The molecule has 0 amide bonds. The number of aromatic carboxylic acids is 1. The van der Waals surface area contributed by atoms with E-state index in [1.807, 2.05) is 6.20 Å². The quantitative estimate of drug-likeness (QED) is 0.544. The van der Waals surface area contributed by atoms with Crippen molar-refractivity contribution in [2.45, 2.75) is 37.6 Å². The molecule has 0 spiro atoms. The Morgan fingerprint density at radius 2 is 1.88 bits per heavy atom. The summed E-state index contributed by atoms with van der Waals surface area (Å²) in [7, 11) is 2.17. The molecule has 2 aliphatic carbocycles. The minimum Gasteiger partial charge on any atom is -0.478 e. The molecule has 176 valence electrons. The van der Waals surface area contributed by atoms with Crippen LogP contribution in [0, 0.1) is 0 Å². The first-order valence-electron chi connectivity index (χ1n) is 12.2. The van der Waals surface area contributed by atoms with Gasteiger partial charge in [0.2, 0.25) is 0 Å². The average molecular weight is 458 g/mol. The third-order valence-corrected chi connectivity index (χ3v) is 7.75. The van der Waals surface area contributed by atoms with Crippen LogP contribution < -0.4 is 10.6 Å². The average Bonchev–Trinajstić information content (AvgIpc) is 3.44. The van der Waals surface area contributed by atoms with Gasteiger partial charge in [0.25, 0.3) is 0 Å². The molecule has 0 bridgehead atoms. The fourth-order valence-electron chi connectivity index (χ4n) is 5.40. The Hall–Kier alpha value is -3.16. The lowest BCUT2D eigenvalue weighted by Gasteiger charge is -2.34. The summed E-state index contributed by atoms with van der Waals surface area (Å²) in [5, 5.41) is 9.98. The summed E-state index contributed by atoms with van der Waals surface area (Å²) in [5.41, 5.74) is 14.5. The molecule has 1 saturated carbocycles. The number of benzene rings is 1. The zero-order valence-electron chi connectivity index (χ0n) is 19.6. The maximum atomic E-state index is 12.2. The number of carboxylic acid groups (broad SMARTS) is 1. The number of aromatic amines is 1. The fraction of sp³-hybridized carbons (Fsp3) is 0.407. The van der Waals surface area contributed by atoms with Gasteiger partial charge in [-0.05, 0) is 62.1 Å². The third kappa shape index (κ3) is 3.79. The number of hydrogen-bond acceptors (Lipinski definition) is 5. The van der Waals surface area contributed by atoms with E-state index in [0.29, 0.717) is 18.4 Å². The largest absolute Gasteiger partial charge is 0.478 e. The van der Waals surface area contributed by atoms with Gasteiger partial charge in [0.15, 0.2) is 0 Å². The number of aromatic nitrogens is 2. The molecule has 7 nitrogen and oxygen atoms in total. The number of rotatable bonds is 5. The first-order valence-corrected chi connectivity index (χ1v) is 12.2. The van der Waals surface area contributed by atoms with Gasteiger partial charge in [0.1, 0.15) is 0 Å². The van der Waals surface area contributed by atoms with Crippen molar-refractivity contribution in [2.75, 3.05) is 38.1 Å². The van der Waals surface area contributed by atoms with E-state index >= 15 is 0 Å². The highest BCUT2D eigenvalue weighted by molar-refractivity contribution is 5.95. The first-order chi connectivity index (χ1) is 16.4. The number of nitrogens with zero attached hydrogens (tertiary/aromatic N) is 3. The Morgan fingerprint density at radius 1 is 1.15 bits per heavy atom. The summed E-state index contributed by atoms with van der Waals surface area (Å²) in [6, 6.07) is 10.7. The molecule has 3 heterocycles.